The lowest BCUT2D eigenvalue weighted by atomic mass is 10.0. The zero-order valence-electron chi connectivity index (χ0n) is 7.84. The van der Waals surface area contributed by atoms with E-state index in [0.29, 0.717) is 12.2 Å². The van der Waals surface area contributed by atoms with Crippen LogP contribution < -0.4 is 5.73 Å². The van der Waals surface area contributed by atoms with Crippen LogP contribution in [-0.2, 0) is 18.4 Å². The fraction of sp³-hybridized carbons (Fsp3) is 0.600. The van der Waals surface area contributed by atoms with Gasteiger partial charge >= 0.3 is 0 Å². The smallest absolute Gasteiger partial charge is 0.140 e. The fourth-order valence-electron chi connectivity index (χ4n) is 1.89. The number of furan rings is 1. The lowest BCUT2D eigenvalue weighted by Crippen LogP contribution is -2.31. The van der Waals surface area contributed by atoms with Crippen molar-refractivity contribution in [3.05, 3.63) is 23.2 Å². The molecule has 0 fully saturated rings. The minimum Gasteiger partial charge on any atom is -0.463 e. The van der Waals surface area contributed by atoms with Crippen molar-refractivity contribution in [2.45, 2.75) is 31.8 Å². The summed E-state index contributed by atoms with van der Waals surface area (Å²) in [5.41, 5.74) is 5.75. The molecule has 0 saturated heterocycles. The van der Waals surface area contributed by atoms with Crippen LogP contribution in [0.4, 0.5) is 0 Å². The topological polar surface area (TPSA) is 59.4 Å². The van der Waals surface area contributed by atoms with E-state index in [4.69, 9.17) is 10.2 Å². The number of hydrogen-bond donors (Lipinski definition) is 2. The summed E-state index contributed by atoms with van der Waals surface area (Å²) in [4.78, 5) is 0. The molecule has 72 valence electrons. The Morgan fingerprint density at radius 3 is 3.08 bits per heavy atom. The molecule has 0 radical (unpaired) electrons. The highest BCUT2D eigenvalue weighted by atomic mass is 16.4. The summed E-state index contributed by atoms with van der Waals surface area (Å²) in [5, 5.41) is 10.0. The van der Waals surface area contributed by atoms with Crippen molar-refractivity contribution in [1.29, 1.82) is 0 Å². The third kappa shape index (κ3) is 1.19. The van der Waals surface area contributed by atoms with E-state index >= 15 is 0 Å². The molecule has 1 atom stereocenters. The van der Waals surface area contributed by atoms with Crippen LogP contribution in [0.2, 0.25) is 0 Å². The summed E-state index contributed by atoms with van der Waals surface area (Å²) in [6.07, 6.45) is 2.45. The minimum absolute atomic E-state index is 0.247. The van der Waals surface area contributed by atoms with Gasteiger partial charge in [-0.3, -0.25) is 0 Å². The molecule has 3 nitrogen and oxygen atoms in total. The second-order valence-electron chi connectivity index (χ2n) is 3.66. The first-order valence-corrected chi connectivity index (χ1v) is 4.74. The first-order valence-electron chi connectivity index (χ1n) is 4.74. The van der Waals surface area contributed by atoms with Crippen LogP contribution in [0.5, 0.6) is 0 Å². The maximum Gasteiger partial charge on any atom is 0.140 e. The van der Waals surface area contributed by atoms with Gasteiger partial charge in [0.25, 0.3) is 0 Å². The number of fused-ring (bicyclic) bond motifs is 1. The number of hydrogen-bond acceptors (Lipinski definition) is 3. The van der Waals surface area contributed by atoms with E-state index in [1.165, 1.54) is 0 Å². The van der Waals surface area contributed by atoms with Crippen LogP contribution in [0.25, 0.3) is 0 Å². The van der Waals surface area contributed by atoms with Crippen LogP contribution in [-0.4, -0.2) is 11.7 Å². The SMILES string of the molecule is CCc1cc2c(o1)C(O)(CN)CC2. The molecule has 1 unspecified atom stereocenters. The van der Waals surface area contributed by atoms with Gasteiger partial charge in [0.1, 0.15) is 17.1 Å². The second kappa shape index (κ2) is 2.86. The quantitative estimate of drug-likeness (QED) is 0.713. The van der Waals surface area contributed by atoms with Crippen LogP contribution in [0.15, 0.2) is 10.5 Å². The number of aryl methyl sites for hydroxylation is 2. The van der Waals surface area contributed by atoms with Crippen molar-refractivity contribution in [3.8, 4) is 0 Å². The Morgan fingerprint density at radius 2 is 2.46 bits per heavy atom. The molecule has 1 aliphatic carbocycles. The van der Waals surface area contributed by atoms with Crippen molar-refractivity contribution in [1.82, 2.24) is 0 Å². The van der Waals surface area contributed by atoms with Crippen molar-refractivity contribution in [3.63, 3.8) is 0 Å². The highest BCUT2D eigenvalue weighted by Crippen LogP contribution is 2.38. The number of rotatable bonds is 2. The van der Waals surface area contributed by atoms with E-state index in [1.807, 2.05) is 13.0 Å². The summed E-state index contributed by atoms with van der Waals surface area (Å²) in [6.45, 7) is 2.28. The minimum atomic E-state index is -0.900. The van der Waals surface area contributed by atoms with Gasteiger partial charge in [-0.05, 0) is 24.5 Å². The molecule has 0 spiro atoms. The van der Waals surface area contributed by atoms with E-state index in [0.717, 1.165) is 24.2 Å². The first-order chi connectivity index (χ1) is 6.19. The molecular weight excluding hydrogens is 166 g/mol. The maximum absolute atomic E-state index is 10.0. The molecular formula is C10H15NO2. The Labute approximate surface area is 77.5 Å². The summed E-state index contributed by atoms with van der Waals surface area (Å²) >= 11 is 0. The van der Waals surface area contributed by atoms with Gasteiger partial charge in [0.2, 0.25) is 0 Å². The molecule has 0 aromatic carbocycles. The summed E-state index contributed by atoms with van der Waals surface area (Å²) in [7, 11) is 0. The Morgan fingerprint density at radius 1 is 1.69 bits per heavy atom. The van der Waals surface area contributed by atoms with Crippen molar-refractivity contribution >= 4 is 0 Å². The predicted octanol–water partition coefficient (Wildman–Crippen LogP) is 0.935. The average Bonchev–Trinajstić information content (AvgIpc) is 2.67. The van der Waals surface area contributed by atoms with Crippen LogP contribution in [0.3, 0.4) is 0 Å². The second-order valence-corrected chi connectivity index (χ2v) is 3.66. The molecule has 1 aliphatic rings. The van der Waals surface area contributed by atoms with Crippen LogP contribution in [0, 0.1) is 0 Å². The largest absolute Gasteiger partial charge is 0.463 e. The third-order valence-corrected chi connectivity index (χ3v) is 2.78. The van der Waals surface area contributed by atoms with Crippen molar-refractivity contribution in [2.75, 3.05) is 6.54 Å². The summed E-state index contributed by atoms with van der Waals surface area (Å²) in [6, 6.07) is 2.03. The predicted molar refractivity (Wildman–Crippen MR) is 49.4 cm³/mol. The van der Waals surface area contributed by atoms with E-state index in [9.17, 15) is 5.11 Å². The van der Waals surface area contributed by atoms with Crippen LogP contribution in [0.1, 0.15) is 30.4 Å². The van der Waals surface area contributed by atoms with E-state index in [-0.39, 0.29) is 6.54 Å². The van der Waals surface area contributed by atoms with Gasteiger partial charge < -0.3 is 15.3 Å². The zero-order valence-corrected chi connectivity index (χ0v) is 7.84. The molecule has 0 amide bonds. The molecule has 1 aromatic heterocycles. The van der Waals surface area contributed by atoms with Gasteiger partial charge in [0, 0.05) is 13.0 Å². The molecule has 3 heteroatoms. The molecule has 1 heterocycles. The Hall–Kier alpha value is -0.800. The average molecular weight is 181 g/mol. The van der Waals surface area contributed by atoms with E-state index in [1.54, 1.807) is 0 Å². The standard InChI is InChI=1S/C10H15NO2/c1-2-8-5-7-3-4-10(12,6-11)9(7)13-8/h5,12H,2-4,6,11H2,1H3. The fourth-order valence-corrected chi connectivity index (χ4v) is 1.89. The molecule has 3 N–H and O–H groups in total. The zero-order chi connectivity index (χ0) is 9.47. The molecule has 0 aliphatic heterocycles. The highest BCUT2D eigenvalue weighted by Gasteiger charge is 2.39. The molecule has 13 heavy (non-hydrogen) atoms. The monoisotopic (exact) mass is 181 g/mol. The summed E-state index contributed by atoms with van der Waals surface area (Å²) in [5.74, 6) is 1.64. The molecule has 2 rings (SSSR count). The van der Waals surface area contributed by atoms with Gasteiger partial charge in [-0.25, -0.2) is 0 Å². The van der Waals surface area contributed by atoms with Gasteiger partial charge in [-0.1, -0.05) is 6.92 Å². The Bertz CT molecular complexity index is 319. The maximum atomic E-state index is 10.0. The number of aliphatic hydroxyl groups is 1. The number of nitrogens with two attached hydrogens (primary N) is 1. The van der Waals surface area contributed by atoms with Crippen LogP contribution >= 0.6 is 0 Å². The Balaban J connectivity index is 2.41. The van der Waals surface area contributed by atoms with Gasteiger partial charge in [-0.15, -0.1) is 0 Å². The van der Waals surface area contributed by atoms with Gasteiger partial charge in [0.05, 0.1) is 0 Å². The molecule has 1 aromatic rings. The third-order valence-electron chi connectivity index (χ3n) is 2.78. The van der Waals surface area contributed by atoms with Gasteiger partial charge in [0.15, 0.2) is 0 Å². The highest BCUT2D eigenvalue weighted by molar-refractivity contribution is 5.32. The van der Waals surface area contributed by atoms with Gasteiger partial charge in [-0.2, -0.15) is 0 Å². The normalized spacial score (nSPS) is 26.4. The van der Waals surface area contributed by atoms with Crippen molar-refractivity contribution in [2.24, 2.45) is 5.73 Å². The van der Waals surface area contributed by atoms with E-state index in [2.05, 4.69) is 0 Å². The van der Waals surface area contributed by atoms with E-state index < -0.39 is 5.60 Å². The lowest BCUT2D eigenvalue weighted by molar-refractivity contribution is 0.0260. The lowest BCUT2D eigenvalue weighted by Gasteiger charge is -2.18. The first kappa shape index (κ1) is 8.78. The molecule has 0 saturated carbocycles. The summed E-state index contributed by atoms with van der Waals surface area (Å²) < 4.78 is 5.55. The molecule has 0 bridgehead atoms. The Kier molecular flexibility index (Phi) is 1.93. The van der Waals surface area contributed by atoms with Crippen molar-refractivity contribution < 1.29 is 9.52 Å².